The maximum absolute atomic E-state index is 13.0. The van der Waals surface area contributed by atoms with Crippen molar-refractivity contribution in [2.24, 2.45) is 4.99 Å². The lowest BCUT2D eigenvalue weighted by Gasteiger charge is -2.15. The van der Waals surface area contributed by atoms with Crippen LogP contribution in [0.1, 0.15) is 12.8 Å². The van der Waals surface area contributed by atoms with Gasteiger partial charge in [0.1, 0.15) is 5.82 Å². The second kappa shape index (κ2) is 8.33. The minimum absolute atomic E-state index is 0.0434. The molecule has 1 aliphatic heterocycles. The summed E-state index contributed by atoms with van der Waals surface area (Å²) in [6.45, 7) is 1.50. The molecular weight excluding hydrogens is 287 g/mol. The number of ether oxygens (including phenoxy) is 1. The highest BCUT2D eigenvalue weighted by atomic mass is 19.1. The zero-order valence-electron chi connectivity index (χ0n) is 12.6. The van der Waals surface area contributed by atoms with Crippen LogP contribution in [0.25, 0.3) is 0 Å². The van der Waals surface area contributed by atoms with Gasteiger partial charge >= 0.3 is 0 Å². The summed E-state index contributed by atoms with van der Waals surface area (Å²) in [5, 5.41) is 8.63. The number of aliphatic imine (C=N–C) groups is 1. The highest BCUT2D eigenvalue weighted by Crippen LogP contribution is 2.10. The molecule has 0 bridgehead atoms. The number of amides is 1. The molecule has 1 unspecified atom stereocenters. The van der Waals surface area contributed by atoms with Crippen molar-refractivity contribution in [1.29, 1.82) is 0 Å². The lowest BCUT2D eigenvalue weighted by Crippen LogP contribution is -2.43. The molecule has 0 aliphatic carbocycles. The number of halogens is 1. The number of carbonyl (C=O) groups is 1. The Labute approximate surface area is 129 Å². The van der Waals surface area contributed by atoms with Gasteiger partial charge in [0.05, 0.1) is 12.6 Å². The Morgan fingerprint density at radius 2 is 2.32 bits per heavy atom. The Kier molecular flexibility index (Phi) is 6.14. The van der Waals surface area contributed by atoms with Crippen molar-refractivity contribution in [3.05, 3.63) is 30.1 Å². The third kappa shape index (κ3) is 5.33. The first-order chi connectivity index (χ1) is 10.7. The van der Waals surface area contributed by atoms with Gasteiger partial charge in [0.2, 0.25) is 5.91 Å². The van der Waals surface area contributed by atoms with E-state index in [1.54, 1.807) is 19.2 Å². The van der Waals surface area contributed by atoms with E-state index in [1.165, 1.54) is 12.1 Å². The van der Waals surface area contributed by atoms with E-state index in [2.05, 4.69) is 20.9 Å². The Hall–Kier alpha value is -2.15. The zero-order chi connectivity index (χ0) is 15.8. The summed E-state index contributed by atoms with van der Waals surface area (Å²) >= 11 is 0. The molecule has 1 saturated heterocycles. The summed E-state index contributed by atoms with van der Waals surface area (Å²) in [5.41, 5.74) is 0.425. The third-order valence-corrected chi connectivity index (χ3v) is 3.27. The predicted octanol–water partition coefficient (Wildman–Crippen LogP) is 1.11. The largest absolute Gasteiger partial charge is 0.376 e. The molecule has 1 aromatic carbocycles. The Morgan fingerprint density at radius 3 is 3.00 bits per heavy atom. The number of nitrogens with zero attached hydrogens (tertiary/aromatic N) is 1. The number of rotatable bonds is 5. The number of hydrogen-bond donors (Lipinski definition) is 3. The average Bonchev–Trinajstić information content (AvgIpc) is 3.01. The Morgan fingerprint density at radius 1 is 1.45 bits per heavy atom. The van der Waals surface area contributed by atoms with E-state index < -0.39 is 0 Å². The van der Waals surface area contributed by atoms with Crippen molar-refractivity contribution in [1.82, 2.24) is 10.6 Å². The summed E-state index contributed by atoms with van der Waals surface area (Å²) in [6, 6.07) is 5.76. The SMILES string of the molecule is CN=C(NCC(=O)Nc1cccc(F)c1)NCC1CCCO1. The number of guanidine groups is 1. The normalized spacial score (nSPS) is 18.1. The van der Waals surface area contributed by atoms with Crippen LogP contribution in [0.5, 0.6) is 0 Å². The van der Waals surface area contributed by atoms with E-state index in [0.717, 1.165) is 19.4 Å². The second-order valence-corrected chi connectivity index (χ2v) is 5.00. The fraction of sp³-hybridized carbons (Fsp3) is 0.467. The number of anilines is 1. The monoisotopic (exact) mass is 308 g/mol. The molecule has 120 valence electrons. The van der Waals surface area contributed by atoms with Gasteiger partial charge in [0, 0.05) is 25.9 Å². The molecule has 0 spiro atoms. The molecule has 1 amide bonds. The summed E-state index contributed by atoms with van der Waals surface area (Å²) < 4.78 is 18.5. The van der Waals surface area contributed by atoms with Crippen LogP contribution in [0.3, 0.4) is 0 Å². The van der Waals surface area contributed by atoms with Crippen LogP contribution in [-0.4, -0.2) is 44.7 Å². The Bertz CT molecular complexity index is 530. The molecule has 6 nitrogen and oxygen atoms in total. The first-order valence-corrected chi connectivity index (χ1v) is 7.29. The van der Waals surface area contributed by atoms with E-state index in [9.17, 15) is 9.18 Å². The van der Waals surface area contributed by atoms with Crippen molar-refractivity contribution in [3.63, 3.8) is 0 Å². The second-order valence-electron chi connectivity index (χ2n) is 5.00. The van der Waals surface area contributed by atoms with E-state index in [0.29, 0.717) is 18.2 Å². The van der Waals surface area contributed by atoms with E-state index in [1.807, 2.05) is 0 Å². The molecule has 22 heavy (non-hydrogen) atoms. The first kappa shape index (κ1) is 16.2. The molecule has 0 saturated carbocycles. The van der Waals surface area contributed by atoms with Crippen molar-refractivity contribution < 1.29 is 13.9 Å². The zero-order valence-corrected chi connectivity index (χ0v) is 12.6. The quantitative estimate of drug-likeness (QED) is 0.563. The molecule has 7 heteroatoms. The minimum atomic E-state index is -0.389. The summed E-state index contributed by atoms with van der Waals surface area (Å²) in [5.74, 6) is -0.129. The number of carbonyl (C=O) groups excluding carboxylic acids is 1. The van der Waals surface area contributed by atoms with Gasteiger partial charge in [0.15, 0.2) is 5.96 Å². The van der Waals surface area contributed by atoms with Gasteiger partial charge in [-0.2, -0.15) is 0 Å². The van der Waals surface area contributed by atoms with Gasteiger partial charge in [-0.25, -0.2) is 4.39 Å². The summed E-state index contributed by atoms with van der Waals surface area (Å²) in [6.07, 6.45) is 2.30. The minimum Gasteiger partial charge on any atom is -0.376 e. The molecule has 1 atom stereocenters. The van der Waals surface area contributed by atoms with Crippen molar-refractivity contribution in [2.75, 3.05) is 32.1 Å². The van der Waals surface area contributed by atoms with Gasteiger partial charge in [-0.05, 0) is 31.0 Å². The van der Waals surface area contributed by atoms with Gasteiger partial charge in [-0.3, -0.25) is 9.79 Å². The molecule has 0 radical (unpaired) electrons. The Balaban J connectivity index is 1.71. The van der Waals surface area contributed by atoms with Crippen LogP contribution in [0.4, 0.5) is 10.1 Å². The van der Waals surface area contributed by atoms with Crippen LogP contribution in [-0.2, 0) is 9.53 Å². The molecule has 1 aliphatic rings. The van der Waals surface area contributed by atoms with Crippen LogP contribution < -0.4 is 16.0 Å². The predicted molar refractivity (Wildman–Crippen MR) is 83.4 cm³/mol. The van der Waals surface area contributed by atoms with Gasteiger partial charge in [0.25, 0.3) is 0 Å². The fourth-order valence-corrected chi connectivity index (χ4v) is 2.17. The smallest absolute Gasteiger partial charge is 0.243 e. The van der Waals surface area contributed by atoms with Crippen LogP contribution in [0.2, 0.25) is 0 Å². The topological polar surface area (TPSA) is 74.8 Å². The third-order valence-electron chi connectivity index (χ3n) is 3.27. The van der Waals surface area contributed by atoms with Gasteiger partial charge < -0.3 is 20.7 Å². The summed E-state index contributed by atoms with van der Waals surface area (Å²) in [7, 11) is 1.63. The van der Waals surface area contributed by atoms with Crippen LogP contribution in [0.15, 0.2) is 29.3 Å². The first-order valence-electron chi connectivity index (χ1n) is 7.29. The number of benzene rings is 1. The molecule has 2 rings (SSSR count). The lowest BCUT2D eigenvalue weighted by molar-refractivity contribution is -0.115. The van der Waals surface area contributed by atoms with Crippen LogP contribution >= 0.6 is 0 Å². The van der Waals surface area contributed by atoms with E-state index in [4.69, 9.17) is 4.74 Å². The maximum atomic E-state index is 13.0. The maximum Gasteiger partial charge on any atom is 0.243 e. The molecule has 1 heterocycles. The van der Waals surface area contributed by atoms with Crippen molar-refractivity contribution in [3.8, 4) is 0 Å². The van der Waals surface area contributed by atoms with E-state index >= 15 is 0 Å². The number of nitrogens with one attached hydrogen (secondary N) is 3. The van der Waals surface area contributed by atoms with Crippen molar-refractivity contribution in [2.45, 2.75) is 18.9 Å². The number of hydrogen-bond acceptors (Lipinski definition) is 3. The lowest BCUT2D eigenvalue weighted by atomic mass is 10.2. The standard InChI is InChI=1S/C15H21FN4O2/c1-17-15(18-9-13-6-3-7-22-13)19-10-14(21)20-12-5-2-4-11(16)8-12/h2,4-5,8,13H,3,6-7,9-10H2,1H3,(H,20,21)(H2,17,18,19). The highest BCUT2D eigenvalue weighted by Gasteiger charge is 2.15. The molecule has 3 N–H and O–H groups in total. The highest BCUT2D eigenvalue weighted by molar-refractivity contribution is 5.94. The average molecular weight is 308 g/mol. The molecular formula is C15H21FN4O2. The van der Waals surface area contributed by atoms with Crippen LogP contribution in [0, 0.1) is 5.82 Å². The van der Waals surface area contributed by atoms with Gasteiger partial charge in [-0.1, -0.05) is 6.07 Å². The van der Waals surface area contributed by atoms with E-state index in [-0.39, 0.29) is 24.4 Å². The van der Waals surface area contributed by atoms with Gasteiger partial charge in [-0.15, -0.1) is 0 Å². The molecule has 0 aromatic heterocycles. The van der Waals surface area contributed by atoms with Crippen molar-refractivity contribution >= 4 is 17.6 Å². The molecule has 1 fully saturated rings. The molecule has 1 aromatic rings. The summed E-state index contributed by atoms with van der Waals surface area (Å²) in [4.78, 5) is 15.8. The fourth-order valence-electron chi connectivity index (χ4n) is 2.17.